The third-order valence-corrected chi connectivity index (χ3v) is 4.12. The van der Waals surface area contributed by atoms with Crippen molar-refractivity contribution < 1.29 is 4.79 Å². The molecule has 5 heteroatoms. The average Bonchev–Trinajstić information content (AvgIpc) is 2.46. The second kappa shape index (κ2) is 6.95. The standard InChI is InChI=1S/C15H22ClN3O/c1-2-18-10-11-6-7-12(9-13(11)16)19-8-4-3-5-14(19)15(17)20/h6-7,9,14,18H,2-5,8,10H2,1H3,(H2,17,20). The molecule has 1 atom stereocenters. The molecule has 0 aliphatic carbocycles. The molecule has 0 radical (unpaired) electrons. The quantitative estimate of drug-likeness (QED) is 0.876. The first-order valence-electron chi connectivity index (χ1n) is 7.18. The molecule has 0 spiro atoms. The smallest absolute Gasteiger partial charge is 0.240 e. The first-order chi connectivity index (χ1) is 9.63. The number of nitrogens with zero attached hydrogens (tertiary/aromatic N) is 1. The van der Waals surface area contributed by atoms with Crippen LogP contribution in [0.1, 0.15) is 31.7 Å². The summed E-state index contributed by atoms with van der Waals surface area (Å²) in [7, 11) is 0. The maximum atomic E-state index is 11.6. The molecule has 0 aromatic heterocycles. The Morgan fingerprint density at radius 3 is 2.95 bits per heavy atom. The van der Waals surface area contributed by atoms with E-state index in [-0.39, 0.29) is 11.9 Å². The Morgan fingerprint density at radius 2 is 2.30 bits per heavy atom. The summed E-state index contributed by atoms with van der Waals surface area (Å²) < 4.78 is 0. The van der Waals surface area contributed by atoms with Crippen LogP contribution in [0.3, 0.4) is 0 Å². The van der Waals surface area contributed by atoms with E-state index in [2.05, 4.69) is 17.1 Å². The van der Waals surface area contributed by atoms with Crippen LogP contribution >= 0.6 is 11.6 Å². The highest BCUT2D eigenvalue weighted by atomic mass is 35.5. The third kappa shape index (κ3) is 3.44. The topological polar surface area (TPSA) is 58.4 Å². The summed E-state index contributed by atoms with van der Waals surface area (Å²) in [5, 5.41) is 3.99. The Hall–Kier alpha value is -1.26. The summed E-state index contributed by atoms with van der Waals surface area (Å²) in [4.78, 5) is 13.6. The second-order valence-electron chi connectivity index (χ2n) is 5.16. The van der Waals surface area contributed by atoms with Crippen molar-refractivity contribution in [2.24, 2.45) is 5.73 Å². The zero-order chi connectivity index (χ0) is 14.5. The number of carbonyl (C=O) groups excluding carboxylic acids is 1. The van der Waals surface area contributed by atoms with Crippen LogP contribution < -0.4 is 16.0 Å². The largest absolute Gasteiger partial charge is 0.368 e. The van der Waals surface area contributed by atoms with Gasteiger partial charge in [-0.05, 0) is 43.5 Å². The number of primary amides is 1. The fourth-order valence-corrected chi connectivity index (χ4v) is 2.90. The summed E-state index contributed by atoms with van der Waals surface area (Å²) in [6, 6.07) is 5.78. The minimum atomic E-state index is -0.252. The Morgan fingerprint density at radius 1 is 1.50 bits per heavy atom. The van der Waals surface area contributed by atoms with Crippen LogP contribution in [0.5, 0.6) is 0 Å². The number of hydrogen-bond acceptors (Lipinski definition) is 3. The van der Waals surface area contributed by atoms with Gasteiger partial charge in [-0.15, -0.1) is 0 Å². The minimum Gasteiger partial charge on any atom is -0.368 e. The van der Waals surface area contributed by atoms with E-state index in [1.807, 2.05) is 18.2 Å². The van der Waals surface area contributed by atoms with Gasteiger partial charge >= 0.3 is 0 Å². The first kappa shape index (κ1) is 15.1. The zero-order valence-electron chi connectivity index (χ0n) is 11.9. The van der Waals surface area contributed by atoms with Gasteiger partial charge in [-0.1, -0.05) is 24.6 Å². The number of piperidine rings is 1. The van der Waals surface area contributed by atoms with Gasteiger partial charge < -0.3 is 16.0 Å². The molecule has 4 nitrogen and oxygen atoms in total. The van der Waals surface area contributed by atoms with Gasteiger partial charge in [0.05, 0.1) is 0 Å². The molecule has 1 saturated heterocycles. The van der Waals surface area contributed by atoms with E-state index in [1.165, 1.54) is 0 Å². The SMILES string of the molecule is CCNCc1ccc(N2CCCCC2C(N)=O)cc1Cl. The van der Waals surface area contributed by atoms with Gasteiger partial charge in [0.2, 0.25) is 5.91 Å². The Kier molecular flexibility index (Phi) is 5.26. The van der Waals surface area contributed by atoms with Crippen LogP contribution in [-0.4, -0.2) is 25.0 Å². The summed E-state index contributed by atoms with van der Waals surface area (Å²) in [5.74, 6) is -0.252. The van der Waals surface area contributed by atoms with Crippen LogP contribution in [0.25, 0.3) is 0 Å². The lowest BCUT2D eigenvalue weighted by Gasteiger charge is -2.35. The molecular weight excluding hydrogens is 274 g/mol. The monoisotopic (exact) mass is 295 g/mol. The van der Waals surface area contributed by atoms with E-state index in [0.717, 1.165) is 55.2 Å². The van der Waals surface area contributed by atoms with E-state index < -0.39 is 0 Å². The number of amides is 1. The highest BCUT2D eigenvalue weighted by Crippen LogP contribution is 2.28. The van der Waals surface area contributed by atoms with Crippen molar-refractivity contribution in [2.45, 2.75) is 38.8 Å². The van der Waals surface area contributed by atoms with Crippen LogP contribution in [0.2, 0.25) is 5.02 Å². The van der Waals surface area contributed by atoms with E-state index >= 15 is 0 Å². The average molecular weight is 296 g/mol. The lowest BCUT2D eigenvalue weighted by molar-refractivity contribution is -0.119. The molecule has 1 heterocycles. The van der Waals surface area contributed by atoms with Gasteiger partial charge in [-0.25, -0.2) is 0 Å². The predicted molar refractivity (Wildman–Crippen MR) is 83.0 cm³/mol. The van der Waals surface area contributed by atoms with Crippen LogP contribution in [0.15, 0.2) is 18.2 Å². The highest BCUT2D eigenvalue weighted by molar-refractivity contribution is 6.31. The van der Waals surface area contributed by atoms with Crippen molar-refractivity contribution in [3.8, 4) is 0 Å². The van der Waals surface area contributed by atoms with Crippen molar-refractivity contribution in [2.75, 3.05) is 18.0 Å². The van der Waals surface area contributed by atoms with Gasteiger partial charge in [0.25, 0.3) is 0 Å². The lowest BCUT2D eigenvalue weighted by Crippen LogP contribution is -2.47. The van der Waals surface area contributed by atoms with Gasteiger partial charge in [0, 0.05) is 23.8 Å². The molecule has 1 aliphatic heterocycles. The number of halogens is 1. The van der Waals surface area contributed by atoms with Crippen molar-refractivity contribution in [1.29, 1.82) is 0 Å². The summed E-state index contributed by atoms with van der Waals surface area (Å²) in [5.41, 5.74) is 7.56. The maximum Gasteiger partial charge on any atom is 0.240 e. The van der Waals surface area contributed by atoms with Crippen molar-refractivity contribution in [1.82, 2.24) is 5.32 Å². The van der Waals surface area contributed by atoms with Gasteiger partial charge in [-0.3, -0.25) is 4.79 Å². The molecule has 1 aromatic rings. The maximum absolute atomic E-state index is 11.6. The molecule has 1 aliphatic rings. The zero-order valence-corrected chi connectivity index (χ0v) is 12.6. The Bertz CT molecular complexity index is 478. The normalized spacial score (nSPS) is 19.1. The summed E-state index contributed by atoms with van der Waals surface area (Å²) in [6.07, 6.45) is 2.96. The molecule has 1 amide bonds. The molecule has 1 fully saturated rings. The predicted octanol–water partition coefficient (Wildman–Crippen LogP) is 2.29. The Labute approximate surface area is 125 Å². The van der Waals surface area contributed by atoms with Crippen LogP contribution in [-0.2, 0) is 11.3 Å². The molecule has 20 heavy (non-hydrogen) atoms. The number of nitrogens with two attached hydrogens (primary N) is 1. The summed E-state index contributed by atoms with van der Waals surface area (Å²) >= 11 is 6.33. The number of hydrogen-bond donors (Lipinski definition) is 2. The minimum absolute atomic E-state index is 0.209. The van der Waals surface area contributed by atoms with E-state index in [0.29, 0.717) is 0 Å². The molecular formula is C15H22ClN3O. The van der Waals surface area contributed by atoms with E-state index in [1.54, 1.807) is 0 Å². The fourth-order valence-electron chi connectivity index (χ4n) is 2.65. The van der Waals surface area contributed by atoms with E-state index in [9.17, 15) is 4.79 Å². The number of rotatable bonds is 5. The van der Waals surface area contributed by atoms with Crippen molar-refractivity contribution >= 4 is 23.2 Å². The molecule has 3 N–H and O–H groups in total. The first-order valence-corrected chi connectivity index (χ1v) is 7.56. The van der Waals surface area contributed by atoms with Gasteiger partial charge in [0.15, 0.2) is 0 Å². The molecule has 2 rings (SSSR count). The summed E-state index contributed by atoms with van der Waals surface area (Å²) in [6.45, 7) is 4.59. The van der Waals surface area contributed by atoms with Crippen LogP contribution in [0.4, 0.5) is 5.69 Å². The lowest BCUT2D eigenvalue weighted by atomic mass is 10.0. The molecule has 1 unspecified atom stereocenters. The van der Waals surface area contributed by atoms with Crippen LogP contribution in [0, 0.1) is 0 Å². The van der Waals surface area contributed by atoms with Gasteiger partial charge in [0.1, 0.15) is 6.04 Å². The molecule has 0 saturated carbocycles. The molecule has 110 valence electrons. The highest BCUT2D eigenvalue weighted by Gasteiger charge is 2.27. The number of nitrogens with one attached hydrogen (secondary N) is 1. The van der Waals surface area contributed by atoms with Gasteiger partial charge in [-0.2, -0.15) is 0 Å². The Balaban J connectivity index is 2.19. The van der Waals surface area contributed by atoms with Crippen molar-refractivity contribution in [3.63, 3.8) is 0 Å². The second-order valence-corrected chi connectivity index (χ2v) is 5.57. The van der Waals surface area contributed by atoms with E-state index in [4.69, 9.17) is 17.3 Å². The molecule has 1 aromatic carbocycles. The number of carbonyl (C=O) groups is 1. The number of anilines is 1. The fraction of sp³-hybridized carbons (Fsp3) is 0.533. The third-order valence-electron chi connectivity index (χ3n) is 3.76. The van der Waals surface area contributed by atoms with Crippen molar-refractivity contribution in [3.05, 3.63) is 28.8 Å². The molecule has 0 bridgehead atoms. The number of benzene rings is 1.